The van der Waals surface area contributed by atoms with Crippen molar-refractivity contribution in [3.63, 3.8) is 0 Å². The van der Waals surface area contributed by atoms with Crippen LogP contribution in [0.3, 0.4) is 0 Å². The first kappa shape index (κ1) is 14.1. The highest BCUT2D eigenvalue weighted by Crippen LogP contribution is 2.19. The number of aliphatic hydroxyl groups excluding tert-OH is 1. The van der Waals surface area contributed by atoms with Crippen molar-refractivity contribution in [2.24, 2.45) is 0 Å². The molecule has 20 heavy (non-hydrogen) atoms. The first-order chi connectivity index (χ1) is 9.74. The zero-order chi connectivity index (χ0) is 14.4. The summed E-state index contributed by atoms with van der Waals surface area (Å²) in [6, 6.07) is 19.2. The van der Waals surface area contributed by atoms with E-state index in [1.54, 1.807) is 12.1 Å². The van der Waals surface area contributed by atoms with Gasteiger partial charge in [0.25, 0.3) is 0 Å². The quantitative estimate of drug-likeness (QED) is 0.904. The van der Waals surface area contributed by atoms with Gasteiger partial charge in [0.15, 0.2) is 0 Å². The molecule has 0 spiro atoms. The molecule has 3 heteroatoms. The lowest BCUT2D eigenvalue weighted by Crippen LogP contribution is -2.28. The number of nitriles is 1. The van der Waals surface area contributed by atoms with Crippen LogP contribution >= 0.6 is 0 Å². The zero-order valence-electron chi connectivity index (χ0n) is 11.5. The van der Waals surface area contributed by atoms with Gasteiger partial charge in [0.1, 0.15) is 0 Å². The summed E-state index contributed by atoms with van der Waals surface area (Å²) in [5.41, 5.74) is 2.54. The van der Waals surface area contributed by atoms with E-state index in [0.717, 1.165) is 17.8 Å². The molecule has 0 aromatic heterocycles. The lowest BCUT2D eigenvalue weighted by Gasteiger charge is -2.26. The normalized spacial score (nSPS) is 11.7. The van der Waals surface area contributed by atoms with Crippen molar-refractivity contribution in [2.45, 2.75) is 13.0 Å². The summed E-state index contributed by atoms with van der Waals surface area (Å²) in [4.78, 5) is 2.13. The van der Waals surface area contributed by atoms with Crippen molar-refractivity contribution in [3.05, 3.63) is 65.7 Å². The molecular formula is C17H18N2O. The standard InChI is InChI=1S/C17H18N2O/c1-2-19(16-6-4-3-5-7-16)13-17(20)15-10-8-14(12-18)9-11-15/h3-11,17,20H,2,13H2,1H3. The SMILES string of the molecule is CCN(CC(O)c1ccc(C#N)cc1)c1ccccc1. The Labute approximate surface area is 119 Å². The van der Waals surface area contributed by atoms with E-state index in [4.69, 9.17) is 5.26 Å². The van der Waals surface area contributed by atoms with E-state index in [2.05, 4.69) is 17.9 Å². The highest BCUT2D eigenvalue weighted by Gasteiger charge is 2.12. The van der Waals surface area contributed by atoms with Crippen molar-refractivity contribution < 1.29 is 5.11 Å². The van der Waals surface area contributed by atoms with Crippen LogP contribution in [-0.4, -0.2) is 18.2 Å². The predicted octanol–water partition coefficient (Wildman–Crippen LogP) is 3.12. The van der Waals surface area contributed by atoms with Gasteiger partial charge in [0.2, 0.25) is 0 Å². The molecule has 0 bridgehead atoms. The predicted molar refractivity (Wildman–Crippen MR) is 80.4 cm³/mol. The number of likely N-dealkylation sites (N-methyl/N-ethyl adjacent to an activating group) is 1. The van der Waals surface area contributed by atoms with E-state index in [1.807, 2.05) is 42.5 Å². The minimum atomic E-state index is -0.567. The molecule has 1 atom stereocenters. The van der Waals surface area contributed by atoms with Crippen LogP contribution in [0.4, 0.5) is 5.69 Å². The molecule has 0 aliphatic rings. The van der Waals surface area contributed by atoms with Crippen molar-refractivity contribution in [2.75, 3.05) is 18.0 Å². The Hall–Kier alpha value is -2.31. The Morgan fingerprint density at radius 3 is 2.30 bits per heavy atom. The van der Waals surface area contributed by atoms with E-state index in [9.17, 15) is 5.11 Å². The fourth-order valence-electron chi connectivity index (χ4n) is 2.15. The molecule has 3 nitrogen and oxygen atoms in total. The number of para-hydroxylation sites is 1. The Morgan fingerprint density at radius 1 is 1.10 bits per heavy atom. The van der Waals surface area contributed by atoms with E-state index in [1.165, 1.54) is 0 Å². The van der Waals surface area contributed by atoms with Crippen LogP contribution in [0.15, 0.2) is 54.6 Å². The number of benzene rings is 2. The maximum Gasteiger partial charge on any atom is 0.0991 e. The summed E-state index contributed by atoms with van der Waals surface area (Å²) < 4.78 is 0. The van der Waals surface area contributed by atoms with Crippen LogP contribution in [0.2, 0.25) is 0 Å². The molecule has 2 aromatic rings. The van der Waals surface area contributed by atoms with Gasteiger partial charge in [-0.15, -0.1) is 0 Å². The lowest BCUT2D eigenvalue weighted by atomic mass is 10.1. The number of anilines is 1. The summed E-state index contributed by atoms with van der Waals surface area (Å²) in [6.45, 7) is 3.43. The van der Waals surface area contributed by atoms with Crippen molar-refractivity contribution >= 4 is 5.69 Å². The fraction of sp³-hybridized carbons (Fsp3) is 0.235. The fourth-order valence-corrected chi connectivity index (χ4v) is 2.15. The number of rotatable bonds is 5. The van der Waals surface area contributed by atoms with Gasteiger partial charge in [0.05, 0.1) is 17.7 Å². The average Bonchev–Trinajstić information content (AvgIpc) is 2.53. The van der Waals surface area contributed by atoms with E-state index < -0.39 is 6.10 Å². The highest BCUT2D eigenvalue weighted by molar-refractivity contribution is 5.46. The van der Waals surface area contributed by atoms with Gasteiger partial charge in [-0.05, 0) is 36.8 Å². The van der Waals surface area contributed by atoms with Crippen LogP contribution < -0.4 is 4.90 Å². The summed E-state index contributed by atoms with van der Waals surface area (Å²) in [5.74, 6) is 0. The molecule has 0 amide bonds. The zero-order valence-corrected chi connectivity index (χ0v) is 11.5. The third-order valence-electron chi connectivity index (χ3n) is 3.32. The molecule has 0 radical (unpaired) electrons. The molecule has 102 valence electrons. The molecule has 0 saturated carbocycles. The molecule has 1 N–H and O–H groups in total. The largest absolute Gasteiger partial charge is 0.387 e. The van der Waals surface area contributed by atoms with Crippen LogP contribution in [0.5, 0.6) is 0 Å². The van der Waals surface area contributed by atoms with Crippen molar-refractivity contribution in [1.29, 1.82) is 5.26 Å². The maximum atomic E-state index is 10.3. The van der Waals surface area contributed by atoms with Crippen LogP contribution in [0.1, 0.15) is 24.2 Å². The molecule has 2 aromatic carbocycles. The van der Waals surface area contributed by atoms with Gasteiger partial charge in [-0.2, -0.15) is 5.26 Å². The lowest BCUT2D eigenvalue weighted by molar-refractivity contribution is 0.183. The summed E-state index contributed by atoms with van der Waals surface area (Å²) in [5, 5.41) is 19.1. The molecule has 0 fully saturated rings. The van der Waals surface area contributed by atoms with Gasteiger partial charge in [0, 0.05) is 18.8 Å². The van der Waals surface area contributed by atoms with Crippen LogP contribution in [0.25, 0.3) is 0 Å². The van der Waals surface area contributed by atoms with Gasteiger partial charge < -0.3 is 10.0 Å². The molecule has 0 aliphatic heterocycles. The topological polar surface area (TPSA) is 47.3 Å². The van der Waals surface area contributed by atoms with Crippen molar-refractivity contribution in [3.8, 4) is 6.07 Å². The Kier molecular flexibility index (Phi) is 4.75. The maximum absolute atomic E-state index is 10.3. The number of hydrogen-bond acceptors (Lipinski definition) is 3. The first-order valence-electron chi connectivity index (χ1n) is 6.72. The molecule has 0 heterocycles. The van der Waals surface area contributed by atoms with E-state index in [0.29, 0.717) is 12.1 Å². The van der Waals surface area contributed by atoms with E-state index in [-0.39, 0.29) is 0 Å². The summed E-state index contributed by atoms with van der Waals surface area (Å²) in [6.07, 6.45) is -0.567. The van der Waals surface area contributed by atoms with Gasteiger partial charge in [-0.25, -0.2) is 0 Å². The van der Waals surface area contributed by atoms with Gasteiger partial charge >= 0.3 is 0 Å². The van der Waals surface area contributed by atoms with Crippen LogP contribution in [-0.2, 0) is 0 Å². The second-order valence-electron chi connectivity index (χ2n) is 4.62. The second-order valence-corrected chi connectivity index (χ2v) is 4.62. The monoisotopic (exact) mass is 266 g/mol. The summed E-state index contributed by atoms with van der Waals surface area (Å²) in [7, 11) is 0. The molecule has 0 aliphatic carbocycles. The Balaban J connectivity index is 2.09. The van der Waals surface area contributed by atoms with Gasteiger partial charge in [-0.1, -0.05) is 30.3 Å². The number of nitrogens with zero attached hydrogens (tertiary/aromatic N) is 2. The molecular weight excluding hydrogens is 248 g/mol. The minimum absolute atomic E-state index is 0.534. The smallest absolute Gasteiger partial charge is 0.0991 e. The first-order valence-corrected chi connectivity index (χ1v) is 6.72. The second kappa shape index (κ2) is 6.74. The number of hydrogen-bond donors (Lipinski definition) is 1. The van der Waals surface area contributed by atoms with E-state index >= 15 is 0 Å². The number of aliphatic hydroxyl groups is 1. The molecule has 2 rings (SSSR count). The van der Waals surface area contributed by atoms with Crippen molar-refractivity contribution in [1.82, 2.24) is 0 Å². The minimum Gasteiger partial charge on any atom is -0.387 e. The highest BCUT2D eigenvalue weighted by atomic mass is 16.3. The Bertz CT molecular complexity index is 572. The third-order valence-corrected chi connectivity index (χ3v) is 3.32. The summed E-state index contributed by atoms with van der Waals surface area (Å²) >= 11 is 0. The van der Waals surface area contributed by atoms with Crippen LogP contribution in [0, 0.1) is 11.3 Å². The molecule has 1 unspecified atom stereocenters. The average molecular weight is 266 g/mol. The Morgan fingerprint density at radius 2 is 1.75 bits per heavy atom. The third kappa shape index (κ3) is 3.37. The molecule has 0 saturated heterocycles. The van der Waals surface area contributed by atoms with Gasteiger partial charge in [-0.3, -0.25) is 0 Å².